The first-order chi connectivity index (χ1) is 13.0. The Labute approximate surface area is 166 Å². The topological polar surface area (TPSA) is 69.3 Å². The van der Waals surface area contributed by atoms with Gasteiger partial charge in [0.05, 0.1) is 22.9 Å². The molecule has 0 radical (unpaired) electrons. The van der Waals surface area contributed by atoms with Gasteiger partial charge in [0, 0.05) is 6.54 Å². The summed E-state index contributed by atoms with van der Waals surface area (Å²) < 4.78 is 14.2. The molecule has 0 spiro atoms. The lowest BCUT2D eigenvalue weighted by Gasteiger charge is -2.10. The van der Waals surface area contributed by atoms with Crippen molar-refractivity contribution in [2.24, 2.45) is 0 Å². The molecule has 0 bridgehead atoms. The summed E-state index contributed by atoms with van der Waals surface area (Å²) in [6.07, 6.45) is 1.72. The van der Waals surface area contributed by atoms with Gasteiger partial charge in [0.15, 0.2) is 5.76 Å². The molecule has 0 unspecified atom stereocenters. The van der Waals surface area contributed by atoms with Crippen LogP contribution in [0.3, 0.4) is 0 Å². The molecular weight excluding hydrogens is 410 g/mol. The smallest absolute Gasteiger partial charge is 0.287 e. The SMILES string of the molecule is CCn1ncc(Br)c1CNC(=O)c1ccc(COc2c(C)cccc2C)o1. The van der Waals surface area contributed by atoms with Crippen LogP contribution in [-0.4, -0.2) is 15.7 Å². The van der Waals surface area contributed by atoms with Crippen LogP contribution in [0.1, 0.15) is 40.1 Å². The Morgan fingerprint density at radius 3 is 2.70 bits per heavy atom. The molecule has 7 heteroatoms. The number of rotatable bonds is 7. The molecule has 0 atom stereocenters. The van der Waals surface area contributed by atoms with E-state index in [0.717, 1.165) is 33.6 Å². The van der Waals surface area contributed by atoms with Gasteiger partial charge in [-0.2, -0.15) is 5.10 Å². The van der Waals surface area contributed by atoms with E-state index >= 15 is 0 Å². The average Bonchev–Trinajstić information content (AvgIpc) is 3.26. The number of carbonyl (C=O) groups excluding carboxylic acids is 1. The predicted octanol–water partition coefficient (Wildman–Crippen LogP) is 4.38. The van der Waals surface area contributed by atoms with E-state index in [1.807, 2.05) is 43.7 Å². The number of hydrogen-bond donors (Lipinski definition) is 1. The minimum absolute atomic E-state index is 0.258. The van der Waals surface area contributed by atoms with Gasteiger partial charge >= 0.3 is 0 Å². The molecule has 2 aromatic heterocycles. The average molecular weight is 432 g/mol. The number of aryl methyl sites for hydroxylation is 3. The summed E-state index contributed by atoms with van der Waals surface area (Å²) in [4.78, 5) is 12.4. The summed E-state index contributed by atoms with van der Waals surface area (Å²) in [6, 6.07) is 9.42. The van der Waals surface area contributed by atoms with Crippen molar-refractivity contribution in [1.29, 1.82) is 0 Å². The van der Waals surface area contributed by atoms with Crippen molar-refractivity contribution in [2.45, 2.75) is 40.5 Å². The summed E-state index contributed by atoms with van der Waals surface area (Å²) in [6.45, 7) is 7.37. The Morgan fingerprint density at radius 2 is 2.00 bits per heavy atom. The van der Waals surface area contributed by atoms with Crippen LogP contribution in [0.2, 0.25) is 0 Å². The summed E-state index contributed by atoms with van der Waals surface area (Å²) in [7, 11) is 0. The number of carbonyl (C=O) groups is 1. The van der Waals surface area contributed by atoms with Crippen LogP contribution in [0.15, 0.2) is 45.4 Å². The third kappa shape index (κ3) is 4.42. The van der Waals surface area contributed by atoms with E-state index in [4.69, 9.17) is 9.15 Å². The van der Waals surface area contributed by atoms with Crippen LogP contribution < -0.4 is 10.1 Å². The number of benzene rings is 1. The lowest BCUT2D eigenvalue weighted by molar-refractivity contribution is 0.0918. The molecule has 1 aromatic carbocycles. The maximum Gasteiger partial charge on any atom is 0.287 e. The highest BCUT2D eigenvalue weighted by atomic mass is 79.9. The number of ether oxygens (including phenoxy) is 1. The minimum atomic E-state index is -0.274. The third-order valence-electron chi connectivity index (χ3n) is 4.27. The Hall–Kier alpha value is -2.54. The fraction of sp³-hybridized carbons (Fsp3) is 0.300. The Balaban J connectivity index is 1.60. The Bertz CT molecular complexity index is 926. The van der Waals surface area contributed by atoms with Crippen LogP contribution in [0, 0.1) is 13.8 Å². The molecule has 0 fully saturated rings. The molecule has 0 saturated heterocycles. The largest absolute Gasteiger partial charge is 0.485 e. The molecule has 0 saturated carbocycles. The number of halogens is 1. The quantitative estimate of drug-likeness (QED) is 0.602. The number of furan rings is 1. The number of amides is 1. The first-order valence-corrected chi connectivity index (χ1v) is 9.55. The van der Waals surface area contributed by atoms with E-state index < -0.39 is 0 Å². The van der Waals surface area contributed by atoms with Crippen LogP contribution >= 0.6 is 15.9 Å². The van der Waals surface area contributed by atoms with E-state index in [1.165, 1.54) is 0 Å². The lowest BCUT2D eigenvalue weighted by Crippen LogP contribution is -2.24. The molecule has 0 aliphatic rings. The molecule has 1 N–H and O–H groups in total. The number of nitrogens with one attached hydrogen (secondary N) is 1. The predicted molar refractivity (Wildman–Crippen MR) is 106 cm³/mol. The second kappa shape index (κ2) is 8.43. The standard InChI is InChI=1S/C20H22BrN3O3/c1-4-24-17(16(21)10-23-24)11-22-20(25)18-9-8-15(27-18)12-26-19-13(2)6-5-7-14(19)3/h5-10H,4,11-12H2,1-3H3,(H,22,25). The van der Waals surface area contributed by atoms with Crippen LogP contribution in [0.4, 0.5) is 0 Å². The van der Waals surface area contributed by atoms with Gasteiger partial charge < -0.3 is 14.5 Å². The monoisotopic (exact) mass is 431 g/mol. The van der Waals surface area contributed by atoms with Gasteiger partial charge in [0.2, 0.25) is 0 Å². The molecule has 3 aromatic rings. The van der Waals surface area contributed by atoms with Crippen LogP contribution in [0.5, 0.6) is 5.75 Å². The van der Waals surface area contributed by atoms with Crippen LogP contribution in [-0.2, 0) is 19.7 Å². The van der Waals surface area contributed by atoms with E-state index in [1.54, 1.807) is 18.3 Å². The Kier molecular flexibility index (Phi) is 6.01. The minimum Gasteiger partial charge on any atom is -0.485 e. The van der Waals surface area contributed by atoms with Crippen molar-refractivity contribution in [1.82, 2.24) is 15.1 Å². The van der Waals surface area contributed by atoms with Crippen molar-refractivity contribution in [3.05, 3.63) is 69.3 Å². The summed E-state index contributed by atoms with van der Waals surface area (Å²) >= 11 is 3.45. The summed E-state index contributed by atoms with van der Waals surface area (Å²) in [5.74, 6) is 1.43. The van der Waals surface area contributed by atoms with Gasteiger partial charge in [-0.1, -0.05) is 18.2 Å². The summed E-state index contributed by atoms with van der Waals surface area (Å²) in [5.41, 5.74) is 3.05. The van der Waals surface area contributed by atoms with E-state index in [0.29, 0.717) is 12.3 Å². The highest BCUT2D eigenvalue weighted by Gasteiger charge is 2.14. The molecule has 27 heavy (non-hydrogen) atoms. The fourth-order valence-corrected chi connectivity index (χ4v) is 3.27. The molecule has 1 amide bonds. The normalized spacial score (nSPS) is 10.8. The zero-order valence-corrected chi connectivity index (χ0v) is 17.2. The van der Waals surface area contributed by atoms with Gasteiger partial charge in [0.25, 0.3) is 5.91 Å². The lowest BCUT2D eigenvalue weighted by atomic mass is 10.1. The molecule has 0 aliphatic carbocycles. The third-order valence-corrected chi connectivity index (χ3v) is 4.93. The maximum absolute atomic E-state index is 12.4. The van der Waals surface area contributed by atoms with Gasteiger partial charge in [0.1, 0.15) is 18.1 Å². The first kappa shape index (κ1) is 19.2. The molecule has 3 rings (SSSR count). The van der Waals surface area contributed by atoms with Gasteiger partial charge in [-0.3, -0.25) is 9.48 Å². The van der Waals surface area contributed by atoms with Crippen molar-refractivity contribution >= 4 is 21.8 Å². The van der Waals surface area contributed by atoms with Crippen molar-refractivity contribution in [3.8, 4) is 5.75 Å². The molecule has 2 heterocycles. The Morgan fingerprint density at radius 1 is 1.26 bits per heavy atom. The highest BCUT2D eigenvalue weighted by molar-refractivity contribution is 9.10. The van der Waals surface area contributed by atoms with Gasteiger partial charge in [-0.25, -0.2) is 0 Å². The zero-order chi connectivity index (χ0) is 19.4. The summed E-state index contributed by atoms with van der Waals surface area (Å²) in [5, 5.41) is 7.09. The second-order valence-electron chi connectivity index (χ2n) is 6.21. The number of nitrogens with zero attached hydrogens (tertiary/aromatic N) is 2. The van der Waals surface area contributed by atoms with E-state index in [2.05, 4.69) is 26.3 Å². The molecule has 6 nitrogen and oxygen atoms in total. The second-order valence-corrected chi connectivity index (χ2v) is 7.07. The van der Waals surface area contributed by atoms with Crippen molar-refractivity contribution in [2.75, 3.05) is 0 Å². The highest BCUT2D eigenvalue weighted by Crippen LogP contribution is 2.24. The molecule has 0 aliphatic heterocycles. The first-order valence-electron chi connectivity index (χ1n) is 8.75. The zero-order valence-electron chi connectivity index (χ0n) is 15.6. The van der Waals surface area contributed by atoms with E-state index in [-0.39, 0.29) is 18.3 Å². The van der Waals surface area contributed by atoms with Gasteiger partial charge in [-0.15, -0.1) is 0 Å². The molecular formula is C20H22BrN3O3. The number of aromatic nitrogens is 2. The van der Waals surface area contributed by atoms with Crippen molar-refractivity contribution < 1.29 is 13.9 Å². The van der Waals surface area contributed by atoms with E-state index in [9.17, 15) is 4.79 Å². The van der Waals surface area contributed by atoms with Crippen molar-refractivity contribution in [3.63, 3.8) is 0 Å². The number of para-hydroxylation sites is 1. The fourth-order valence-electron chi connectivity index (χ4n) is 2.83. The molecule has 142 valence electrons. The van der Waals surface area contributed by atoms with Crippen LogP contribution in [0.25, 0.3) is 0 Å². The number of hydrogen-bond acceptors (Lipinski definition) is 4. The maximum atomic E-state index is 12.4. The van der Waals surface area contributed by atoms with Gasteiger partial charge in [-0.05, 0) is 60.0 Å².